The third-order valence-electron chi connectivity index (χ3n) is 1.67. The summed E-state index contributed by atoms with van der Waals surface area (Å²) in [5, 5.41) is 0. The highest BCUT2D eigenvalue weighted by Crippen LogP contribution is 2.26. The lowest BCUT2D eigenvalue weighted by Gasteiger charge is -2.14. The van der Waals surface area contributed by atoms with Gasteiger partial charge in [0.1, 0.15) is 5.57 Å². The summed E-state index contributed by atoms with van der Waals surface area (Å²) in [4.78, 5) is 23.7. The molecule has 0 fully saturated rings. The van der Waals surface area contributed by atoms with Crippen LogP contribution in [0.2, 0.25) is 0 Å². The summed E-state index contributed by atoms with van der Waals surface area (Å²) >= 11 is 0. The lowest BCUT2D eigenvalue weighted by Crippen LogP contribution is -2.36. The maximum atomic E-state index is 12.9. The number of hydrogen-bond donors (Lipinski definition) is 0. The van der Waals surface area contributed by atoms with Crippen LogP contribution in [0.4, 0.5) is 17.6 Å². The first kappa shape index (κ1) is 16.4. The standard InChI is InChI=1S/C10H13F4NO3/c1-4-18-9(17)6(5-15(2)3)7(16)8(11)10(12,13)14/h5,8H,4H2,1-3H3/b6-5-. The maximum absolute atomic E-state index is 12.9. The van der Waals surface area contributed by atoms with Gasteiger partial charge in [-0.2, -0.15) is 13.2 Å². The van der Waals surface area contributed by atoms with Gasteiger partial charge in [-0.15, -0.1) is 0 Å². The van der Waals surface area contributed by atoms with E-state index in [1.54, 1.807) is 0 Å². The molecule has 1 atom stereocenters. The van der Waals surface area contributed by atoms with E-state index in [0.29, 0.717) is 0 Å². The monoisotopic (exact) mass is 271 g/mol. The van der Waals surface area contributed by atoms with Crippen molar-refractivity contribution < 1.29 is 31.9 Å². The molecule has 1 unspecified atom stereocenters. The third-order valence-corrected chi connectivity index (χ3v) is 1.67. The number of ether oxygens (including phenoxy) is 1. The highest BCUT2D eigenvalue weighted by molar-refractivity contribution is 6.19. The van der Waals surface area contributed by atoms with Gasteiger partial charge >= 0.3 is 12.1 Å². The second kappa shape index (κ2) is 6.36. The third kappa shape index (κ3) is 4.72. The fourth-order valence-electron chi connectivity index (χ4n) is 0.969. The molecule has 104 valence electrons. The van der Waals surface area contributed by atoms with E-state index in [4.69, 9.17) is 0 Å². The minimum atomic E-state index is -5.35. The van der Waals surface area contributed by atoms with Gasteiger partial charge in [0, 0.05) is 20.3 Å². The van der Waals surface area contributed by atoms with Crippen molar-refractivity contribution in [1.29, 1.82) is 0 Å². The van der Waals surface area contributed by atoms with E-state index in [1.165, 1.54) is 21.0 Å². The fourth-order valence-corrected chi connectivity index (χ4v) is 0.969. The van der Waals surface area contributed by atoms with Crippen molar-refractivity contribution in [3.8, 4) is 0 Å². The van der Waals surface area contributed by atoms with Crippen molar-refractivity contribution in [1.82, 2.24) is 4.90 Å². The number of esters is 1. The zero-order valence-corrected chi connectivity index (χ0v) is 10.0. The molecule has 0 rings (SSSR count). The van der Waals surface area contributed by atoms with E-state index >= 15 is 0 Å². The number of halogens is 4. The predicted molar refractivity (Wildman–Crippen MR) is 54.4 cm³/mol. The van der Waals surface area contributed by atoms with Gasteiger partial charge in [-0.25, -0.2) is 9.18 Å². The van der Waals surface area contributed by atoms with Gasteiger partial charge in [0.2, 0.25) is 5.78 Å². The lowest BCUT2D eigenvalue weighted by atomic mass is 10.1. The van der Waals surface area contributed by atoms with Crippen LogP contribution in [0.15, 0.2) is 11.8 Å². The van der Waals surface area contributed by atoms with Crippen LogP contribution in [-0.4, -0.2) is 49.7 Å². The fraction of sp³-hybridized carbons (Fsp3) is 0.600. The molecule has 0 aromatic carbocycles. The summed E-state index contributed by atoms with van der Waals surface area (Å²) in [6.07, 6.45) is -8.30. The van der Waals surface area contributed by atoms with Gasteiger partial charge in [0.05, 0.1) is 6.61 Å². The van der Waals surface area contributed by atoms with Crippen molar-refractivity contribution >= 4 is 11.8 Å². The van der Waals surface area contributed by atoms with Crippen LogP contribution in [0.1, 0.15) is 6.92 Å². The second-order valence-corrected chi connectivity index (χ2v) is 3.50. The number of hydrogen-bond acceptors (Lipinski definition) is 4. The smallest absolute Gasteiger partial charge is 0.427 e. The van der Waals surface area contributed by atoms with Gasteiger partial charge in [0.25, 0.3) is 6.17 Å². The molecule has 0 bridgehead atoms. The molecule has 8 heteroatoms. The molecule has 0 aromatic heterocycles. The van der Waals surface area contributed by atoms with E-state index in [1.807, 2.05) is 0 Å². The van der Waals surface area contributed by atoms with Crippen LogP contribution in [0, 0.1) is 0 Å². The minimum Gasteiger partial charge on any atom is -0.462 e. The molecule has 0 N–H and O–H groups in total. The first-order chi connectivity index (χ1) is 8.11. The van der Waals surface area contributed by atoms with E-state index in [-0.39, 0.29) is 6.61 Å². The maximum Gasteiger partial charge on any atom is 0.427 e. The number of alkyl halides is 4. The summed E-state index contributed by atoms with van der Waals surface area (Å²) in [5.41, 5.74) is -0.980. The van der Waals surface area contributed by atoms with Gasteiger partial charge in [-0.05, 0) is 6.92 Å². The average molecular weight is 271 g/mol. The molecule has 0 amide bonds. The van der Waals surface area contributed by atoms with Crippen LogP contribution >= 0.6 is 0 Å². The summed E-state index contributed by atoms with van der Waals surface area (Å²) in [7, 11) is 2.74. The van der Waals surface area contributed by atoms with Gasteiger partial charge in [-0.3, -0.25) is 4.79 Å². The van der Waals surface area contributed by atoms with E-state index < -0.39 is 29.7 Å². The molecule has 0 radical (unpaired) electrons. The first-order valence-corrected chi connectivity index (χ1v) is 4.91. The molecule has 0 spiro atoms. The van der Waals surface area contributed by atoms with Crippen LogP contribution in [0.3, 0.4) is 0 Å². The van der Waals surface area contributed by atoms with Crippen LogP contribution < -0.4 is 0 Å². The molecule has 4 nitrogen and oxygen atoms in total. The molecule has 0 aliphatic rings. The largest absolute Gasteiger partial charge is 0.462 e. The normalized spacial score (nSPS) is 14.1. The van der Waals surface area contributed by atoms with Crippen molar-refractivity contribution in [2.24, 2.45) is 0 Å². The highest BCUT2D eigenvalue weighted by Gasteiger charge is 2.47. The zero-order chi connectivity index (χ0) is 14.5. The molecule has 0 aliphatic heterocycles. The number of carbonyl (C=O) groups is 2. The Morgan fingerprint density at radius 2 is 1.83 bits per heavy atom. The molecule has 0 aromatic rings. The topological polar surface area (TPSA) is 46.6 Å². The lowest BCUT2D eigenvalue weighted by molar-refractivity contribution is -0.183. The number of Topliss-reactive ketones (excluding diaryl/α,β-unsaturated/α-hetero) is 1. The van der Waals surface area contributed by atoms with Gasteiger partial charge in [-0.1, -0.05) is 0 Å². The predicted octanol–water partition coefficient (Wildman–Crippen LogP) is 1.46. The Morgan fingerprint density at radius 3 is 2.17 bits per heavy atom. The van der Waals surface area contributed by atoms with Gasteiger partial charge in [0.15, 0.2) is 0 Å². The Labute approximate surface area is 101 Å². The quantitative estimate of drug-likeness (QED) is 0.250. The van der Waals surface area contributed by atoms with E-state index in [2.05, 4.69) is 4.74 Å². The number of carbonyl (C=O) groups excluding carboxylic acids is 2. The Balaban J connectivity index is 5.23. The van der Waals surface area contributed by atoms with Crippen LogP contribution in [0.25, 0.3) is 0 Å². The summed E-state index contributed by atoms with van der Waals surface area (Å²) in [6, 6.07) is 0. The molecule has 0 saturated carbocycles. The Kier molecular flexibility index (Phi) is 5.80. The Bertz CT molecular complexity index is 350. The average Bonchev–Trinajstić information content (AvgIpc) is 2.22. The molecule has 18 heavy (non-hydrogen) atoms. The molecular weight excluding hydrogens is 258 g/mol. The summed E-state index contributed by atoms with van der Waals surface area (Å²) in [5.74, 6) is -3.25. The zero-order valence-electron chi connectivity index (χ0n) is 10.0. The number of ketones is 1. The van der Waals surface area contributed by atoms with Crippen molar-refractivity contribution in [3.63, 3.8) is 0 Å². The van der Waals surface area contributed by atoms with Crippen molar-refractivity contribution in [2.45, 2.75) is 19.3 Å². The molecule has 0 saturated heterocycles. The Hall–Kier alpha value is -1.60. The number of nitrogens with zero attached hydrogens (tertiary/aromatic N) is 1. The van der Waals surface area contributed by atoms with Crippen LogP contribution in [-0.2, 0) is 14.3 Å². The molecule has 0 aliphatic carbocycles. The molecule has 0 heterocycles. The second-order valence-electron chi connectivity index (χ2n) is 3.50. The van der Waals surface area contributed by atoms with Gasteiger partial charge < -0.3 is 9.64 Å². The minimum absolute atomic E-state index is 0.139. The number of rotatable bonds is 5. The molecular formula is C10H13F4NO3. The van der Waals surface area contributed by atoms with Crippen molar-refractivity contribution in [3.05, 3.63) is 11.8 Å². The summed E-state index contributed by atoms with van der Waals surface area (Å²) < 4.78 is 53.4. The van der Waals surface area contributed by atoms with E-state index in [9.17, 15) is 27.2 Å². The summed E-state index contributed by atoms with van der Waals surface area (Å²) in [6.45, 7) is 1.27. The van der Waals surface area contributed by atoms with Crippen molar-refractivity contribution in [2.75, 3.05) is 20.7 Å². The van der Waals surface area contributed by atoms with Crippen LogP contribution in [0.5, 0.6) is 0 Å². The first-order valence-electron chi connectivity index (χ1n) is 4.91. The van der Waals surface area contributed by atoms with E-state index in [0.717, 1.165) is 11.1 Å². The SMILES string of the molecule is CCOC(=O)/C(=C\N(C)C)C(=O)C(F)C(F)(F)F. The highest BCUT2D eigenvalue weighted by atomic mass is 19.4. The Morgan fingerprint density at radius 1 is 1.33 bits per heavy atom.